The lowest BCUT2D eigenvalue weighted by Gasteiger charge is -2.16. The molecule has 0 saturated heterocycles. The lowest BCUT2D eigenvalue weighted by atomic mass is 9.94. The first-order valence-corrected chi connectivity index (χ1v) is 12.1. The van der Waals surface area contributed by atoms with E-state index in [0.717, 1.165) is 49.9 Å². The van der Waals surface area contributed by atoms with Gasteiger partial charge in [0, 0.05) is 46.5 Å². The predicted octanol–water partition coefficient (Wildman–Crippen LogP) is 7.13. The van der Waals surface area contributed by atoms with Crippen LogP contribution >= 0.6 is 0 Å². The Hall–Kier alpha value is -5.04. The molecule has 0 aliphatic carbocycles. The van der Waals surface area contributed by atoms with Gasteiger partial charge in [0.2, 0.25) is 0 Å². The van der Waals surface area contributed by atoms with E-state index in [9.17, 15) is 20.4 Å². The molecule has 0 unspecified atom stereocenters. The van der Waals surface area contributed by atoms with Gasteiger partial charge < -0.3 is 34.0 Å². The number of phenols is 4. The number of hydrogen-bond donors (Lipinski definition) is 4. The summed E-state index contributed by atoms with van der Waals surface area (Å²) in [5.74, 6) is 1.85. The Kier molecular flexibility index (Phi) is 4.66. The highest BCUT2D eigenvalue weighted by molar-refractivity contribution is 5.93. The Balaban J connectivity index is 1.39. The Labute approximate surface area is 216 Å². The molecule has 2 aromatic heterocycles. The molecule has 0 atom stereocenters. The summed E-state index contributed by atoms with van der Waals surface area (Å²) in [6.07, 6.45) is 0.487. The molecular weight excluding hydrogens is 484 g/mol. The van der Waals surface area contributed by atoms with Crippen LogP contribution in [0.4, 0.5) is 0 Å². The number of ether oxygens (including phenoxy) is 1. The second-order valence-corrected chi connectivity index (χ2v) is 9.62. The summed E-state index contributed by atoms with van der Waals surface area (Å²) in [7, 11) is 0. The Bertz CT molecular complexity index is 1910. The molecule has 4 aromatic carbocycles. The molecule has 3 heterocycles. The average Bonchev–Trinajstić information content (AvgIpc) is 3.41. The van der Waals surface area contributed by atoms with Crippen LogP contribution in [0.3, 0.4) is 0 Å². The minimum Gasteiger partial charge on any atom is -0.508 e. The first kappa shape index (κ1) is 22.2. The van der Waals surface area contributed by atoms with Crippen LogP contribution in [0.15, 0.2) is 75.6 Å². The topological polar surface area (TPSA) is 116 Å². The van der Waals surface area contributed by atoms with Gasteiger partial charge in [-0.05, 0) is 66.6 Å². The third-order valence-electron chi connectivity index (χ3n) is 7.20. The van der Waals surface area contributed by atoms with Gasteiger partial charge in [-0.25, -0.2) is 0 Å². The maximum atomic E-state index is 10.6. The first-order valence-electron chi connectivity index (χ1n) is 12.1. The van der Waals surface area contributed by atoms with Gasteiger partial charge >= 0.3 is 0 Å². The van der Waals surface area contributed by atoms with Crippen molar-refractivity contribution in [2.45, 2.75) is 20.0 Å². The highest BCUT2D eigenvalue weighted by Crippen LogP contribution is 2.45. The van der Waals surface area contributed by atoms with Crippen molar-refractivity contribution in [1.29, 1.82) is 0 Å². The smallest absolute Gasteiger partial charge is 0.145 e. The van der Waals surface area contributed by atoms with Gasteiger partial charge in [0.25, 0.3) is 0 Å². The van der Waals surface area contributed by atoms with Crippen LogP contribution in [0.5, 0.6) is 28.7 Å². The maximum absolute atomic E-state index is 10.6. The molecule has 7 nitrogen and oxygen atoms in total. The normalized spacial score (nSPS) is 12.4. The van der Waals surface area contributed by atoms with Gasteiger partial charge in [-0.15, -0.1) is 0 Å². The van der Waals surface area contributed by atoms with Gasteiger partial charge in [0.1, 0.15) is 58.0 Å². The van der Waals surface area contributed by atoms with E-state index in [1.165, 1.54) is 12.1 Å². The van der Waals surface area contributed by atoms with Crippen LogP contribution in [-0.2, 0) is 13.0 Å². The monoisotopic (exact) mass is 506 g/mol. The summed E-state index contributed by atoms with van der Waals surface area (Å²) >= 11 is 0. The van der Waals surface area contributed by atoms with E-state index in [1.807, 2.05) is 13.0 Å². The zero-order chi connectivity index (χ0) is 26.1. The van der Waals surface area contributed by atoms with Gasteiger partial charge in [0.05, 0.1) is 11.1 Å². The quantitative estimate of drug-likeness (QED) is 0.202. The summed E-state index contributed by atoms with van der Waals surface area (Å²) in [5.41, 5.74) is 6.33. The molecule has 1 aliphatic heterocycles. The molecule has 0 amide bonds. The van der Waals surface area contributed by atoms with Gasteiger partial charge in [-0.2, -0.15) is 0 Å². The number of aryl methyl sites for hydroxylation is 1. The van der Waals surface area contributed by atoms with Crippen molar-refractivity contribution < 1.29 is 34.0 Å². The lowest BCUT2D eigenvalue weighted by molar-refractivity contribution is 0.298. The van der Waals surface area contributed by atoms with Crippen LogP contribution in [-0.4, -0.2) is 20.4 Å². The molecular formula is C31H22O7. The number of benzene rings is 4. The van der Waals surface area contributed by atoms with Crippen molar-refractivity contribution in [3.63, 3.8) is 0 Å². The number of fused-ring (bicyclic) bond motifs is 6. The van der Waals surface area contributed by atoms with Gasteiger partial charge in [0.15, 0.2) is 0 Å². The molecule has 38 heavy (non-hydrogen) atoms. The molecule has 0 bridgehead atoms. The van der Waals surface area contributed by atoms with E-state index < -0.39 is 0 Å². The number of hydrogen-bond acceptors (Lipinski definition) is 7. The van der Waals surface area contributed by atoms with Gasteiger partial charge in [-0.3, -0.25) is 0 Å². The number of phenolic OH excluding ortho intramolecular Hbond substituents is 4. The molecule has 0 saturated carbocycles. The minimum absolute atomic E-state index is 0.0495. The van der Waals surface area contributed by atoms with E-state index in [4.69, 9.17) is 13.6 Å². The second kappa shape index (κ2) is 7.98. The van der Waals surface area contributed by atoms with Crippen molar-refractivity contribution >= 4 is 21.9 Å². The molecule has 1 aliphatic rings. The van der Waals surface area contributed by atoms with Crippen molar-refractivity contribution in [2.75, 3.05) is 0 Å². The van der Waals surface area contributed by atoms with Crippen molar-refractivity contribution in [1.82, 2.24) is 0 Å². The predicted molar refractivity (Wildman–Crippen MR) is 142 cm³/mol. The first-order chi connectivity index (χ1) is 18.4. The van der Waals surface area contributed by atoms with Gasteiger partial charge in [-0.1, -0.05) is 0 Å². The van der Waals surface area contributed by atoms with Crippen molar-refractivity contribution in [3.05, 3.63) is 89.0 Å². The fourth-order valence-electron chi connectivity index (χ4n) is 5.29. The number of aromatic hydroxyl groups is 4. The van der Waals surface area contributed by atoms with E-state index in [1.54, 1.807) is 42.5 Å². The summed E-state index contributed by atoms with van der Waals surface area (Å²) in [4.78, 5) is 0. The van der Waals surface area contributed by atoms with E-state index in [0.29, 0.717) is 35.7 Å². The number of rotatable bonds is 3. The zero-order valence-corrected chi connectivity index (χ0v) is 20.3. The molecule has 188 valence electrons. The highest BCUT2D eigenvalue weighted by Gasteiger charge is 2.26. The molecule has 6 aromatic rings. The molecule has 0 radical (unpaired) electrons. The van der Waals surface area contributed by atoms with E-state index in [2.05, 4.69) is 6.07 Å². The molecule has 7 rings (SSSR count). The Morgan fingerprint density at radius 3 is 2.18 bits per heavy atom. The SMILES string of the molecule is Cc1cc2oc3c(c2cc1Cc1c(-c2ccc(O)cc2O)oc2cc(O)ccc12)COc1cc(O)ccc1-3. The average molecular weight is 507 g/mol. The van der Waals surface area contributed by atoms with Crippen LogP contribution in [0.25, 0.3) is 44.6 Å². The third kappa shape index (κ3) is 3.36. The second-order valence-electron chi connectivity index (χ2n) is 9.62. The van der Waals surface area contributed by atoms with Crippen LogP contribution < -0.4 is 4.74 Å². The summed E-state index contributed by atoms with van der Waals surface area (Å²) in [5, 5.41) is 42.0. The van der Waals surface area contributed by atoms with Crippen LogP contribution in [0.2, 0.25) is 0 Å². The maximum Gasteiger partial charge on any atom is 0.145 e. The van der Waals surface area contributed by atoms with E-state index >= 15 is 0 Å². The Morgan fingerprint density at radius 2 is 1.37 bits per heavy atom. The molecule has 0 fully saturated rings. The van der Waals surface area contributed by atoms with Crippen LogP contribution in [0.1, 0.15) is 22.3 Å². The molecule has 4 N–H and O–H groups in total. The third-order valence-corrected chi connectivity index (χ3v) is 7.20. The standard InChI is InChI=1S/C31H22O7/c1-15-8-28-23(25-14-36-27-12-18(33)4-7-22(27)31(25)37-28)9-16(15)10-24-20-5-2-19(34)13-29(20)38-30(24)21-6-3-17(32)11-26(21)35/h2-9,11-13,32-35H,10,14H2,1H3. The summed E-state index contributed by atoms with van der Waals surface area (Å²) in [6, 6.07) is 18.4. The fourth-order valence-corrected chi connectivity index (χ4v) is 5.29. The number of furan rings is 2. The zero-order valence-electron chi connectivity index (χ0n) is 20.3. The van der Waals surface area contributed by atoms with E-state index in [-0.39, 0.29) is 23.0 Å². The lowest BCUT2D eigenvalue weighted by Crippen LogP contribution is -2.03. The van der Waals surface area contributed by atoms with Crippen molar-refractivity contribution in [2.24, 2.45) is 0 Å². The summed E-state index contributed by atoms with van der Waals surface area (Å²) < 4.78 is 18.4. The molecule has 7 heteroatoms. The highest BCUT2D eigenvalue weighted by atomic mass is 16.5. The van der Waals surface area contributed by atoms with Crippen molar-refractivity contribution in [3.8, 4) is 51.4 Å². The molecule has 0 spiro atoms. The van der Waals surface area contributed by atoms with Crippen LogP contribution in [0, 0.1) is 6.92 Å². The summed E-state index contributed by atoms with van der Waals surface area (Å²) in [6.45, 7) is 2.34. The Morgan fingerprint density at radius 1 is 0.684 bits per heavy atom. The fraction of sp³-hybridized carbons (Fsp3) is 0.0968. The minimum atomic E-state index is -0.104. The largest absolute Gasteiger partial charge is 0.508 e.